The van der Waals surface area contributed by atoms with Crippen molar-refractivity contribution in [2.24, 2.45) is 0 Å². The van der Waals surface area contributed by atoms with Gasteiger partial charge < -0.3 is 10.2 Å². The summed E-state index contributed by atoms with van der Waals surface area (Å²) in [5.74, 6) is -0.0262. The van der Waals surface area contributed by atoms with E-state index in [0.29, 0.717) is 17.1 Å². The van der Waals surface area contributed by atoms with Crippen LogP contribution in [-0.2, 0) is 4.79 Å². The minimum atomic E-state index is -0.0262. The number of halogens is 1. The van der Waals surface area contributed by atoms with Gasteiger partial charge in [0.1, 0.15) is 0 Å². The topological polar surface area (TPSA) is 59.4 Å². The second-order valence-electron chi connectivity index (χ2n) is 6.79. The average Bonchev–Trinajstić information content (AvgIpc) is 2.90. The standard InChI is InChI=1S/C21H23ClN4O/c1-16-3-6-18(13-20(16)22)24-21(27)15-25-9-2-10-26(12-11-25)19-7-4-17(14-23)5-8-19/h3-8,13H,2,9-12,15H2,1H3,(H,24,27). The van der Waals surface area contributed by atoms with Crippen LogP contribution in [0.3, 0.4) is 0 Å². The van der Waals surface area contributed by atoms with Crippen molar-refractivity contribution >= 4 is 28.9 Å². The summed E-state index contributed by atoms with van der Waals surface area (Å²) in [6, 6.07) is 15.4. The van der Waals surface area contributed by atoms with E-state index in [1.54, 1.807) is 6.07 Å². The smallest absolute Gasteiger partial charge is 0.238 e. The summed E-state index contributed by atoms with van der Waals surface area (Å²) >= 11 is 6.12. The SMILES string of the molecule is Cc1ccc(NC(=O)CN2CCCN(c3ccc(C#N)cc3)CC2)cc1Cl. The van der Waals surface area contributed by atoms with Gasteiger partial charge in [0.25, 0.3) is 0 Å². The lowest BCUT2D eigenvalue weighted by atomic mass is 10.2. The highest BCUT2D eigenvalue weighted by Gasteiger charge is 2.17. The number of carbonyl (C=O) groups excluding carboxylic acids is 1. The first-order chi connectivity index (χ1) is 13.0. The van der Waals surface area contributed by atoms with E-state index in [9.17, 15) is 4.79 Å². The third kappa shape index (κ3) is 5.22. The summed E-state index contributed by atoms with van der Waals surface area (Å²) < 4.78 is 0. The fourth-order valence-corrected chi connectivity index (χ4v) is 3.39. The Bertz CT molecular complexity index is 844. The molecule has 1 heterocycles. The van der Waals surface area contributed by atoms with Crippen LogP contribution in [0.1, 0.15) is 17.5 Å². The molecule has 27 heavy (non-hydrogen) atoms. The monoisotopic (exact) mass is 382 g/mol. The number of hydrogen-bond donors (Lipinski definition) is 1. The van der Waals surface area contributed by atoms with Gasteiger partial charge in [0.15, 0.2) is 0 Å². The molecule has 0 spiro atoms. The summed E-state index contributed by atoms with van der Waals surface area (Å²) in [4.78, 5) is 16.9. The van der Waals surface area contributed by atoms with Gasteiger partial charge in [-0.05, 0) is 55.3 Å². The molecule has 0 aromatic heterocycles. The van der Waals surface area contributed by atoms with Crippen LogP contribution in [0.25, 0.3) is 0 Å². The Kier molecular flexibility index (Phi) is 6.33. The molecule has 0 bridgehead atoms. The normalized spacial score (nSPS) is 15.1. The lowest BCUT2D eigenvalue weighted by Crippen LogP contribution is -2.36. The highest BCUT2D eigenvalue weighted by Crippen LogP contribution is 2.20. The van der Waals surface area contributed by atoms with Crippen LogP contribution in [-0.4, -0.2) is 43.5 Å². The maximum Gasteiger partial charge on any atom is 0.238 e. The summed E-state index contributed by atoms with van der Waals surface area (Å²) in [6.45, 7) is 5.81. The second kappa shape index (κ2) is 8.90. The van der Waals surface area contributed by atoms with E-state index in [1.165, 1.54) is 0 Å². The predicted octanol–water partition coefficient (Wildman–Crippen LogP) is 3.67. The van der Waals surface area contributed by atoms with Gasteiger partial charge in [-0.2, -0.15) is 5.26 Å². The van der Waals surface area contributed by atoms with Gasteiger partial charge in [0, 0.05) is 42.6 Å². The third-order valence-corrected chi connectivity index (χ3v) is 5.18. The Morgan fingerprint density at radius 2 is 1.93 bits per heavy atom. The van der Waals surface area contributed by atoms with Crippen molar-refractivity contribution in [1.29, 1.82) is 5.26 Å². The van der Waals surface area contributed by atoms with Crippen molar-refractivity contribution in [3.63, 3.8) is 0 Å². The van der Waals surface area contributed by atoms with Gasteiger partial charge in [-0.3, -0.25) is 9.69 Å². The largest absolute Gasteiger partial charge is 0.370 e. The number of nitrogens with zero attached hydrogens (tertiary/aromatic N) is 3. The number of aryl methyl sites for hydroxylation is 1. The molecule has 1 amide bonds. The number of anilines is 2. The van der Waals surface area contributed by atoms with Crippen molar-refractivity contribution in [2.75, 3.05) is 42.9 Å². The highest BCUT2D eigenvalue weighted by molar-refractivity contribution is 6.31. The van der Waals surface area contributed by atoms with E-state index >= 15 is 0 Å². The van der Waals surface area contributed by atoms with Crippen LogP contribution in [0.2, 0.25) is 5.02 Å². The van der Waals surface area contributed by atoms with Gasteiger partial charge in [-0.1, -0.05) is 17.7 Å². The van der Waals surface area contributed by atoms with E-state index < -0.39 is 0 Å². The van der Waals surface area contributed by atoms with E-state index in [-0.39, 0.29) is 5.91 Å². The van der Waals surface area contributed by atoms with E-state index in [0.717, 1.165) is 49.5 Å². The molecule has 1 aliphatic rings. The summed E-state index contributed by atoms with van der Waals surface area (Å²) in [5, 5.41) is 12.5. The summed E-state index contributed by atoms with van der Waals surface area (Å²) in [7, 11) is 0. The Hall–Kier alpha value is -2.55. The third-order valence-electron chi connectivity index (χ3n) is 4.77. The Morgan fingerprint density at radius 1 is 1.15 bits per heavy atom. The summed E-state index contributed by atoms with van der Waals surface area (Å²) in [5.41, 5.74) is 3.51. The molecule has 0 unspecified atom stereocenters. The van der Waals surface area contributed by atoms with Crippen LogP contribution in [0.15, 0.2) is 42.5 Å². The predicted molar refractivity (Wildman–Crippen MR) is 109 cm³/mol. The minimum absolute atomic E-state index is 0.0262. The lowest BCUT2D eigenvalue weighted by molar-refractivity contribution is -0.117. The molecule has 140 valence electrons. The van der Waals surface area contributed by atoms with Crippen molar-refractivity contribution in [1.82, 2.24) is 4.90 Å². The van der Waals surface area contributed by atoms with E-state index in [4.69, 9.17) is 16.9 Å². The van der Waals surface area contributed by atoms with Gasteiger partial charge in [0.2, 0.25) is 5.91 Å². The van der Waals surface area contributed by atoms with Gasteiger partial charge in [-0.25, -0.2) is 0 Å². The molecule has 0 atom stereocenters. The number of carbonyl (C=O) groups is 1. The molecule has 0 radical (unpaired) electrons. The molecule has 2 aromatic carbocycles. The van der Waals surface area contributed by atoms with Gasteiger partial charge >= 0.3 is 0 Å². The van der Waals surface area contributed by atoms with Crippen LogP contribution >= 0.6 is 11.6 Å². The molecular formula is C21H23ClN4O. The van der Waals surface area contributed by atoms with Crippen molar-refractivity contribution in [3.05, 3.63) is 58.6 Å². The van der Waals surface area contributed by atoms with Gasteiger partial charge in [-0.15, -0.1) is 0 Å². The quantitative estimate of drug-likeness (QED) is 0.876. The number of rotatable bonds is 4. The molecule has 0 aliphatic carbocycles. The molecule has 1 N–H and O–H groups in total. The number of nitriles is 1. The lowest BCUT2D eigenvalue weighted by Gasteiger charge is -2.23. The van der Waals surface area contributed by atoms with Crippen LogP contribution in [0.4, 0.5) is 11.4 Å². The Morgan fingerprint density at radius 3 is 2.63 bits per heavy atom. The van der Waals surface area contributed by atoms with Crippen LogP contribution in [0.5, 0.6) is 0 Å². The maximum absolute atomic E-state index is 12.4. The first-order valence-corrected chi connectivity index (χ1v) is 9.46. The zero-order valence-electron chi connectivity index (χ0n) is 15.4. The first-order valence-electron chi connectivity index (χ1n) is 9.08. The molecule has 1 aliphatic heterocycles. The molecule has 5 nitrogen and oxygen atoms in total. The van der Waals surface area contributed by atoms with Crippen molar-refractivity contribution in [2.45, 2.75) is 13.3 Å². The minimum Gasteiger partial charge on any atom is -0.370 e. The first kappa shape index (κ1) is 19.2. The molecular weight excluding hydrogens is 360 g/mol. The van der Waals surface area contributed by atoms with E-state index in [1.807, 2.05) is 43.3 Å². The molecule has 6 heteroatoms. The molecule has 1 fully saturated rings. The Labute approximate surface area is 165 Å². The Balaban J connectivity index is 1.53. The second-order valence-corrected chi connectivity index (χ2v) is 7.19. The fraction of sp³-hybridized carbons (Fsp3) is 0.333. The van der Waals surface area contributed by atoms with Crippen LogP contribution < -0.4 is 10.2 Å². The number of amides is 1. The molecule has 3 rings (SSSR count). The molecule has 1 saturated heterocycles. The number of hydrogen-bond acceptors (Lipinski definition) is 4. The molecule has 0 saturated carbocycles. The zero-order chi connectivity index (χ0) is 19.2. The zero-order valence-corrected chi connectivity index (χ0v) is 16.2. The number of nitrogens with one attached hydrogen (secondary N) is 1. The maximum atomic E-state index is 12.4. The van der Waals surface area contributed by atoms with Crippen molar-refractivity contribution in [3.8, 4) is 6.07 Å². The number of benzene rings is 2. The fourth-order valence-electron chi connectivity index (χ4n) is 3.21. The average molecular weight is 383 g/mol. The van der Waals surface area contributed by atoms with Crippen LogP contribution in [0, 0.1) is 18.3 Å². The molecule has 2 aromatic rings. The highest BCUT2D eigenvalue weighted by atomic mass is 35.5. The van der Waals surface area contributed by atoms with Crippen molar-refractivity contribution < 1.29 is 4.79 Å². The summed E-state index contributed by atoms with van der Waals surface area (Å²) in [6.07, 6.45) is 0.990. The van der Waals surface area contributed by atoms with Gasteiger partial charge in [0.05, 0.1) is 18.2 Å². The van der Waals surface area contributed by atoms with E-state index in [2.05, 4.69) is 21.2 Å².